The van der Waals surface area contributed by atoms with E-state index in [-0.39, 0.29) is 0 Å². The van der Waals surface area contributed by atoms with Crippen LogP contribution in [-0.4, -0.2) is 0 Å². The monoisotopic (exact) mass is 124 g/mol. The van der Waals surface area contributed by atoms with E-state index in [1.807, 2.05) is 0 Å². The van der Waals surface area contributed by atoms with Crippen molar-refractivity contribution in [3.8, 4) is 12.5 Å². The molecule has 4 nitrogen and oxygen atoms in total. The highest BCUT2D eigenvalue weighted by atomic mass is 35.7. The van der Waals surface area contributed by atoms with Crippen LogP contribution in [0, 0.1) is 22.8 Å². The SMILES string of the molecule is C#CO[Cl+3]([O-])([O-])[O-]. The molecule has 0 radical (unpaired) electrons. The van der Waals surface area contributed by atoms with Crippen LogP contribution in [0.2, 0.25) is 0 Å². The van der Waals surface area contributed by atoms with Gasteiger partial charge in [0.1, 0.15) is 0 Å². The van der Waals surface area contributed by atoms with Gasteiger partial charge in [-0.05, 0) is 4.29 Å². The van der Waals surface area contributed by atoms with Gasteiger partial charge in [0.25, 0.3) is 6.11 Å². The quantitative estimate of drug-likeness (QED) is 0.340. The van der Waals surface area contributed by atoms with Gasteiger partial charge in [-0.25, -0.2) is 0 Å². The van der Waals surface area contributed by atoms with Crippen molar-refractivity contribution < 1.29 is 28.5 Å². The highest BCUT2D eigenvalue weighted by Gasteiger charge is 2.12. The number of terminal acetylenes is 1. The molecule has 0 rings (SSSR count). The summed E-state index contributed by atoms with van der Waals surface area (Å²) in [5.41, 5.74) is 0. The Hall–Kier alpha value is -0.470. The Bertz CT molecular complexity index is 86.8. The Morgan fingerprint density at radius 3 is 1.86 bits per heavy atom. The fourth-order valence-electron chi connectivity index (χ4n) is 0.0546. The van der Waals surface area contributed by atoms with Crippen molar-refractivity contribution in [2.45, 2.75) is 0 Å². The van der Waals surface area contributed by atoms with Crippen LogP contribution >= 0.6 is 0 Å². The first kappa shape index (κ1) is 6.53. The van der Waals surface area contributed by atoms with Crippen molar-refractivity contribution in [2.24, 2.45) is 0 Å². The minimum absolute atomic E-state index is 1.19. The van der Waals surface area contributed by atoms with Gasteiger partial charge >= 0.3 is 0 Å². The van der Waals surface area contributed by atoms with Gasteiger partial charge in [-0.2, -0.15) is 14.0 Å². The van der Waals surface area contributed by atoms with Gasteiger partial charge in [0.05, 0.1) is 0 Å². The number of rotatable bonds is 1. The summed E-state index contributed by atoms with van der Waals surface area (Å²) in [5.74, 6) is 0. The van der Waals surface area contributed by atoms with Crippen molar-refractivity contribution in [1.29, 1.82) is 0 Å². The van der Waals surface area contributed by atoms with E-state index in [0.29, 0.717) is 0 Å². The standard InChI is InChI=1S/C2HClO4/c1-2-7-3(4,5)6/h1H. The molecule has 0 aliphatic carbocycles. The first-order valence-corrected chi connectivity index (χ1v) is 2.34. The normalized spacial score (nSPS) is 10.0. The minimum atomic E-state index is -4.42. The smallest absolute Gasteiger partial charge is 0.166 e. The molecule has 0 amide bonds. The predicted octanol–water partition coefficient (Wildman–Crippen LogP) is -3.51. The third-order valence-corrected chi connectivity index (χ3v) is 0.417. The fourth-order valence-corrected chi connectivity index (χ4v) is 0.164. The lowest BCUT2D eigenvalue weighted by Crippen LogP contribution is -2.60. The van der Waals surface area contributed by atoms with Crippen LogP contribution in [0.25, 0.3) is 0 Å². The molecule has 0 unspecified atom stereocenters. The molecule has 0 saturated heterocycles. The van der Waals surface area contributed by atoms with E-state index in [9.17, 15) is 14.0 Å². The Morgan fingerprint density at radius 1 is 1.43 bits per heavy atom. The van der Waals surface area contributed by atoms with Gasteiger partial charge in [-0.15, -0.1) is 0 Å². The van der Waals surface area contributed by atoms with Crippen LogP contribution < -0.4 is 14.0 Å². The molecule has 0 fully saturated rings. The highest BCUT2D eigenvalue weighted by molar-refractivity contribution is 4.64. The maximum absolute atomic E-state index is 9.28. The lowest BCUT2D eigenvalue weighted by molar-refractivity contribution is -1.92. The molecular formula is C2HClO4. The molecule has 0 bridgehead atoms. The molecule has 0 spiro atoms. The summed E-state index contributed by atoms with van der Waals surface area (Å²) >= 11 is 0. The molecule has 0 aliphatic heterocycles. The van der Waals surface area contributed by atoms with Crippen molar-refractivity contribution in [1.82, 2.24) is 0 Å². The molecule has 7 heavy (non-hydrogen) atoms. The van der Waals surface area contributed by atoms with E-state index in [1.165, 1.54) is 6.11 Å². The van der Waals surface area contributed by atoms with Crippen LogP contribution in [-0.2, 0) is 4.29 Å². The zero-order valence-corrected chi connectivity index (χ0v) is 3.84. The molecule has 0 N–H and O–H groups in total. The van der Waals surface area contributed by atoms with Gasteiger partial charge in [-0.1, -0.05) is 6.42 Å². The van der Waals surface area contributed by atoms with E-state index < -0.39 is 10.2 Å². The van der Waals surface area contributed by atoms with Crippen molar-refractivity contribution >= 4 is 0 Å². The first-order chi connectivity index (χ1) is 3.06. The van der Waals surface area contributed by atoms with Crippen LogP contribution in [0.3, 0.4) is 0 Å². The first-order valence-electron chi connectivity index (χ1n) is 1.11. The van der Waals surface area contributed by atoms with Gasteiger partial charge in [0.2, 0.25) is 0 Å². The average Bonchev–Trinajstić information content (AvgIpc) is 1.30. The topological polar surface area (TPSA) is 78.4 Å². The van der Waals surface area contributed by atoms with Crippen molar-refractivity contribution in [2.75, 3.05) is 0 Å². The third-order valence-electron chi connectivity index (χ3n) is 0.139. The maximum atomic E-state index is 9.28. The Labute approximate surface area is 42.1 Å². The van der Waals surface area contributed by atoms with E-state index in [0.717, 1.165) is 0 Å². The zero-order valence-electron chi connectivity index (χ0n) is 3.09. The Morgan fingerprint density at radius 2 is 1.86 bits per heavy atom. The van der Waals surface area contributed by atoms with Crippen LogP contribution in [0.5, 0.6) is 0 Å². The van der Waals surface area contributed by atoms with Crippen molar-refractivity contribution in [3.05, 3.63) is 0 Å². The fraction of sp³-hybridized carbons (Fsp3) is 0. The van der Waals surface area contributed by atoms with E-state index >= 15 is 0 Å². The third kappa shape index (κ3) is 5.53. The summed E-state index contributed by atoms with van der Waals surface area (Å²) in [6.45, 7) is 0. The molecule has 0 saturated carbocycles. The summed E-state index contributed by atoms with van der Waals surface area (Å²) in [7, 11) is -4.42. The zero-order chi connectivity index (χ0) is 5.91. The summed E-state index contributed by atoms with van der Waals surface area (Å²) in [5, 5.41) is 0. The Kier molecular flexibility index (Phi) is 1.87. The summed E-state index contributed by atoms with van der Waals surface area (Å²) in [4.78, 5) is 0. The summed E-state index contributed by atoms with van der Waals surface area (Å²) in [6.07, 6.45) is 5.45. The van der Waals surface area contributed by atoms with Crippen LogP contribution in [0.15, 0.2) is 0 Å². The Balaban J connectivity index is 3.40. The van der Waals surface area contributed by atoms with Gasteiger partial charge in [0, 0.05) is 0 Å². The average molecular weight is 124 g/mol. The van der Waals surface area contributed by atoms with E-state index in [1.54, 1.807) is 0 Å². The molecule has 0 aliphatic rings. The van der Waals surface area contributed by atoms with Crippen LogP contribution in [0.4, 0.5) is 0 Å². The van der Waals surface area contributed by atoms with Gasteiger partial charge < -0.3 is 0 Å². The largest absolute Gasteiger partial charge is 0.285 e. The summed E-state index contributed by atoms with van der Waals surface area (Å²) in [6, 6.07) is 0. The lowest BCUT2D eigenvalue weighted by Gasteiger charge is -2.06. The number of hydrogen-bond donors (Lipinski definition) is 0. The van der Waals surface area contributed by atoms with Gasteiger partial charge in [-0.3, -0.25) is 0 Å². The van der Waals surface area contributed by atoms with Gasteiger partial charge in [0.15, 0.2) is 10.2 Å². The molecular weight excluding hydrogens is 123 g/mol. The van der Waals surface area contributed by atoms with Crippen molar-refractivity contribution in [3.63, 3.8) is 0 Å². The molecule has 0 heterocycles. The van der Waals surface area contributed by atoms with E-state index in [2.05, 4.69) is 10.7 Å². The minimum Gasteiger partial charge on any atom is -0.166 e. The second kappa shape index (κ2) is 2.00. The molecule has 0 aromatic rings. The predicted molar refractivity (Wildman–Crippen MR) is 9.92 cm³/mol. The van der Waals surface area contributed by atoms with E-state index in [4.69, 9.17) is 0 Å². The maximum Gasteiger partial charge on any atom is 0.285 e. The summed E-state index contributed by atoms with van der Waals surface area (Å²) < 4.78 is 31.0. The molecule has 5 heteroatoms. The number of hydrogen-bond acceptors (Lipinski definition) is 4. The highest BCUT2D eigenvalue weighted by Crippen LogP contribution is 1.80. The van der Waals surface area contributed by atoms with Crippen LogP contribution in [0.1, 0.15) is 0 Å². The molecule has 0 aromatic heterocycles. The molecule has 40 valence electrons. The molecule has 0 aromatic carbocycles. The lowest BCUT2D eigenvalue weighted by atomic mass is 11.3. The number of halogens is 1. The molecule has 0 atom stereocenters. The second-order valence-corrected chi connectivity index (χ2v) is 1.48. The second-order valence-electron chi connectivity index (χ2n) is 0.573.